The van der Waals surface area contributed by atoms with Gasteiger partial charge in [0.1, 0.15) is 4.75 Å². The number of pyridine rings is 1. The van der Waals surface area contributed by atoms with Gasteiger partial charge in [-0.05, 0) is 25.5 Å². The van der Waals surface area contributed by atoms with Crippen LogP contribution < -0.4 is 0 Å². The fourth-order valence-electron chi connectivity index (χ4n) is 2.45. The maximum atomic E-state index is 11.6. The van der Waals surface area contributed by atoms with Gasteiger partial charge in [0, 0.05) is 22.0 Å². The number of carboxylic acid groups (broad SMARTS) is 1. The molecule has 124 valence electrons. The summed E-state index contributed by atoms with van der Waals surface area (Å²) in [4.78, 5) is 20.4. The molecule has 0 radical (unpaired) electrons. The van der Waals surface area contributed by atoms with Crippen molar-refractivity contribution in [3.05, 3.63) is 66.1 Å². The summed E-state index contributed by atoms with van der Waals surface area (Å²) in [6.07, 6.45) is 1.77. The fraction of sp³-hybridized carbons (Fsp3) is 0.150. The van der Waals surface area contributed by atoms with Gasteiger partial charge in [0.15, 0.2) is 5.69 Å². The average Bonchev–Trinajstić information content (AvgIpc) is 2.62. The number of carboxylic acids is 1. The minimum atomic E-state index is -0.977. The molecule has 0 spiro atoms. The molecule has 0 aliphatic heterocycles. The van der Waals surface area contributed by atoms with E-state index in [4.69, 9.17) is 6.57 Å². The van der Waals surface area contributed by atoms with Gasteiger partial charge in [0.2, 0.25) is 0 Å². The first-order valence-corrected chi connectivity index (χ1v) is 8.52. The Labute approximate surface area is 150 Å². The monoisotopic (exact) mass is 348 g/mol. The molecule has 0 bridgehead atoms. The minimum absolute atomic E-state index is 0.567. The number of para-hydroxylation sites is 1. The van der Waals surface area contributed by atoms with Crippen LogP contribution in [0, 0.1) is 6.57 Å². The third kappa shape index (κ3) is 3.35. The van der Waals surface area contributed by atoms with Gasteiger partial charge in [0.25, 0.3) is 0 Å². The first-order valence-electron chi connectivity index (χ1n) is 7.70. The highest BCUT2D eigenvalue weighted by Crippen LogP contribution is 2.42. The number of hydrogen-bond acceptors (Lipinski definition) is 3. The lowest BCUT2D eigenvalue weighted by Gasteiger charge is -2.21. The molecule has 1 N–H and O–H groups in total. The molecule has 3 rings (SSSR count). The first-order chi connectivity index (χ1) is 11.9. The van der Waals surface area contributed by atoms with Crippen molar-refractivity contribution < 1.29 is 9.90 Å². The zero-order chi connectivity index (χ0) is 18.0. The van der Waals surface area contributed by atoms with Gasteiger partial charge in [0.05, 0.1) is 12.1 Å². The highest BCUT2D eigenvalue weighted by molar-refractivity contribution is 8.01. The predicted molar refractivity (Wildman–Crippen MR) is 101 cm³/mol. The number of carbonyl (C=O) groups is 1. The molecule has 5 heteroatoms. The summed E-state index contributed by atoms with van der Waals surface area (Å²) in [5, 5.41) is 10.5. The van der Waals surface area contributed by atoms with E-state index < -0.39 is 10.7 Å². The number of aromatic nitrogens is 1. The maximum absolute atomic E-state index is 11.6. The van der Waals surface area contributed by atoms with Gasteiger partial charge in [-0.25, -0.2) is 4.85 Å². The lowest BCUT2D eigenvalue weighted by molar-refractivity contribution is -0.138. The Kier molecular flexibility index (Phi) is 4.47. The van der Waals surface area contributed by atoms with Crippen molar-refractivity contribution in [1.82, 2.24) is 4.98 Å². The molecule has 0 atom stereocenters. The average molecular weight is 348 g/mol. The Hall–Kier alpha value is -2.84. The van der Waals surface area contributed by atoms with Gasteiger partial charge < -0.3 is 5.11 Å². The van der Waals surface area contributed by atoms with E-state index in [-0.39, 0.29) is 0 Å². The van der Waals surface area contributed by atoms with Gasteiger partial charge in [-0.2, -0.15) is 0 Å². The van der Waals surface area contributed by atoms with Crippen LogP contribution in [0.25, 0.3) is 26.9 Å². The Balaban J connectivity index is 2.22. The van der Waals surface area contributed by atoms with E-state index in [1.807, 2.05) is 36.4 Å². The van der Waals surface area contributed by atoms with E-state index in [0.717, 1.165) is 26.9 Å². The van der Waals surface area contributed by atoms with Crippen LogP contribution in [0.2, 0.25) is 0 Å². The highest BCUT2D eigenvalue weighted by atomic mass is 32.2. The number of hydrogen-bond donors (Lipinski definition) is 1. The fourth-order valence-corrected chi connectivity index (χ4v) is 3.61. The van der Waals surface area contributed by atoms with Crippen LogP contribution in [-0.2, 0) is 4.79 Å². The number of fused-ring (bicyclic) bond motifs is 1. The minimum Gasteiger partial charge on any atom is -0.480 e. The standard InChI is InChI=1S/C20H16N2O2S/c1-20(2,19(23)24)25-18-15-6-4-5-7-17(15)22-12-16(18)13-8-10-14(21-3)11-9-13/h4-12H,1-2H3,(H,23,24). The van der Waals surface area contributed by atoms with Crippen molar-refractivity contribution >= 4 is 34.3 Å². The van der Waals surface area contributed by atoms with E-state index in [1.54, 1.807) is 32.2 Å². The quantitative estimate of drug-likeness (QED) is 0.506. The Morgan fingerprint density at radius 3 is 2.48 bits per heavy atom. The summed E-state index contributed by atoms with van der Waals surface area (Å²) in [5.74, 6) is -0.868. The number of aliphatic carboxylic acids is 1. The van der Waals surface area contributed by atoms with Crippen molar-refractivity contribution in [2.75, 3.05) is 0 Å². The molecule has 25 heavy (non-hydrogen) atoms. The van der Waals surface area contributed by atoms with Crippen molar-refractivity contribution in [3.63, 3.8) is 0 Å². The summed E-state index contributed by atoms with van der Waals surface area (Å²) in [6.45, 7) is 10.5. The van der Waals surface area contributed by atoms with Crippen LogP contribution >= 0.6 is 11.8 Å². The zero-order valence-electron chi connectivity index (χ0n) is 13.9. The molecule has 0 amide bonds. The van der Waals surface area contributed by atoms with Crippen molar-refractivity contribution in [3.8, 4) is 11.1 Å². The van der Waals surface area contributed by atoms with Crippen molar-refractivity contribution in [2.45, 2.75) is 23.5 Å². The second kappa shape index (κ2) is 6.58. The van der Waals surface area contributed by atoms with Gasteiger partial charge >= 0.3 is 5.97 Å². The van der Waals surface area contributed by atoms with Crippen LogP contribution in [0.3, 0.4) is 0 Å². The Bertz CT molecular complexity index is 989. The predicted octanol–water partition coefficient (Wildman–Crippen LogP) is 5.41. The topological polar surface area (TPSA) is 54.5 Å². The molecule has 0 saturated carbocycles. The Morgan fingerprint density at radius 2 is 1.84 bits per heavy atom. The number of nitrogens with zero attached hydrogens (tertiary/aromatic N) is 2. The Morgan fingerprint density at radius 1 is 1.16 bits per heavy atom. The summed E-state index contributed by atoms with van der Waals surface area (Å²) >= 11 is 1.31. The van der Waals surface area contributed by atoms with Gasteiger partial charge in [-0.15, -0.1) is 11.8 Å². The van der Waals surface area contributed by atoms with Crippen LogP contribution in [0.5, 0.6) is 0 Å². The molecular formula is C20H16N2O2S. The van der Waals surface area contributed by atoms with E-state index in [9.17, 15) is 9.90 Å². The molecule has 0 aliphatic rings. The molecule has 4 nitrogen and oxygen atoms in total. The third-order valence-corrected chi connectivity index (χ3v) is 5.23. The first kappa shape index (κ1) is 17.0. The lowest BCUT2D eigenvalue weighted by atomic mass is 10.0. The summed E-state index contributed by atoms with van der Waals surface area (Å²) in [5.41, 5.74) is 3.18. The summed E-state index contributed by atoms with van der Waals surface area (Å²) in [6, 6.07) is 15.0. The smallest absolute Gasteiger partial charge is 0.319 e. The normalized spacial score (nSPS) is 11.2. The maximum Gasteiger partial charge on any atom is 0.319 e. The van der Waals surface area contributed by atoms with Crippen molar-refractivity contribution in [1.29, 1.82) is 0 Å². The molecular weight excluding hydrogens is 332 g/mol. The zero-order valence-corrected chi connectivity index (χ0v) is 14.7. The molecule has 0 saturated heterocycles. The molecule has 0 fully saturated rings. The van der Waals surface area contributed by atoms with Crippen LogP contribution in [-0.4, -0.2) is 20.8 Å². The van der Waals surface area contributed by atoms with Crippen LogP contribution in [0.15, 0.2) is 59.6 Å². The molecule has 1 aromatic heterocycles. The second-order valence-corrected chi connectivity index (χ2v) is 7.73. The SMILES string of the molecule is [C-]#[N+]c1ccc(-c2cnc3ccccc3c2SC(C)(C)C(=O)O)cc1. The van der Waals surface area contributed by atoms with E-state index >= 15 is 0 Å². The number of thioether (sulfide) groups is 1. The van der Waals surface area contributed by atoms with Crippen molar-refractivity contribution in [2.24, 2.45) is 0 Å². The second-order valence-electron chi connectivity index (χ2n) is 6.09. The summed E-state index contributed by atoms with van der Waals surface area (Å²) < 4.78 is -0.977. The molecule has 0 aliphatic carbocycles. The number of benzene rings is 2. The third-order valence-electron chi connectivity index (χ3n) is 3.91. The largest absolute Gasteiger partial charge is 0.480 e. The lowest BCUT2D eigenvalue weighted by Crippen LogP contribution is -2.27. The molecule has 2 aromatic carbocycles. The molecule has 3 aromatic rings. The molecule has 1 heterocycles. The van der Waals surface area contributed by atoms with Gasteiger partial charge in [-0.1, -0.05) is 42.5 Å². The van der Waals surface area contributed by atoms with E-state index in [2.05, 4.69) is 9.83 Å². The summed E-state index contributed by atoms with van der Waals surface area (Å²) in [7, 11) is 0. The van der Waals surface area contributed by atoms with Gasteiger partial charge in [-0.3, -0.25) is 9.78 Å². The van der Waals surface area contributed by atoms with Crippen LogP contribution in [0.1, 0.15) is 13.8 Å². The number of rotatable bonds is 4. The van der Waals surface area contributed by atoms with E-state index in [1.165, 1.54) is 11.8 Å². The molecule has 0 unspecified atom stereocenters. The van der Waals surface area contributed by atoms with Crippen LogP contribution in [0.4, 0.5) is 5.69 Å². The van der Waals surface area contributed by atoms with E-state index in [0.29, 0.717) is 5.69 Å². The highest BCUT2D eigenvalue weighted by Gasteiger charge is 2.30.